The molecular formula is C16H31NO. The summed E-state index contributed by atoms with van der Waals surface area (Å²) in [6, 6.07) is 0. The molecule has 0 N–H and O–H groups in total. The van der Waals surface area contributed by atoms with Crippen molar-refractivity contribution in [1.29, 1.82) is 0 Å². The summed E-state index contributed by atoms with van der Waals surface area (Å²) in [5.41, 5.74) is 1.07. The highest BCUT2D eigenvalue weighted by Crippen LogP contribution is 2.35. The first-order chi connectivity index (χ1) is 8.36. The van der Waals surface area contributed by atoms with Crippen molar-refractivity contribution in [3.8, 4) is 0 Å². The van der Waals surface area contributed by atoms with E-state index in [4.69, 9.17) is 0 Å². The summed E-state index contributed by atoms with van der Waals surface area (Å²) in [7, 11) is 0. The highest BCUT2D eigenvalue weighted by atomic mass is 16.1. The Balaban J connectivity index is 0.00000137. The minimum absolute atomic E-state index is 0.0561. The molecule has 1 rings (SSSR count). The molecule has 0 amide bonds. The molecule has 0 aromatic carbocycles. The van der Waals surface area contributed by atoms with E-state index >= 15 is 0 Å². The molecule has 1 aliphatic heterocycles. The third-order valence-electron chi connectivity index (χ3n) is 3.29. The molecule has 1 heterocycles. The molecule has 2 nitrogen and oxygen atoms in total. The molecule has 0 fully saturated rings. The van der Waals surface area contributed by atoms with Crippen LogP contribution in [0.3, 0.4) is 0 Å². The van der Waals surface area contributed by atoms with Gasteiger partial charge in [0.05, 0.1) is 0 Å². The molecule has 0 saturated heterocycles. The van der Waals surface area contributed by atoms with Crippen molar-refractivity contribution in [2.45, 2.75) is 61.3 Å². The third kappa shape index (κ3) is 4.83. The lowest BCUT2D eigenvalue weighted by Crippen LogP contribution is -2.36. The molecule has 2 heteroatoms. The number of nitrogens with zero attached hydrogens (tertiary/aromatic N) is 1. The van der Waals surface area contributed by atoms with E-state index in [-0.39, 0.29) is 5.41 Å². The Kier molecular flexibility index (Phi) is 7.27. The van der Waals surface area contributed by atoms with E-state index in [9.17, 15) is 4.79 Å². The average molecular weight is 253 g/mol. The van der Waals surface area contributed by atoms with Crippen LogP contribution in [0.4, 0.5) is 0 Å². The van der Waals surface area contributed by atoms with Crippen LogP contribution in [0.25, 0.3) is 0 Å². The fourth-order valence-corrected chi connectivity index (χ4v) is 2.23. The number of carbonyl (C=O) groups is 1. The van der Waals surface area contributed by atoms with Crippen LogP contribution in [0, 0.1) is 11.3 Å². The lowest BCUT2D eigenvalue weighted by atomic mass is 9.77. The predicted octanol–water partition coefficient (Wildman–Crippen LogP) is 4.26. The molecule has 0 saturated carbocycles. The zero-order valence-electron chi connectivity index (χ0n) is 13.3. The van der Waals surface area contributed by atoms with Crippen LogP contribution in [-0.4, -0.2) is 23.8 Å². The van der Waals surface area contributed by atoms with Gasteiger partial charge in [-0.15, -0.1) is 0 Å². The Bertz CT molecular complexity index is 289. The molecule has 0 spiro atoms. The molecule has 1 aliphatic rings. The maximum absolute atomic E-state index is 11.9. The second-order valence-corrected chi connectivity index (χ2v) is 5.84. The number of ketones is 1. The Morgan fingerprint density at radius 3 is 2.39 bits per heavy atom. The maximum atomic E-state index is 11.9. The van der Waals surface area contributed by atoms with Gasteiger partial charge in [-0.2, -0.15) is 0 Å². The Morgan fingerprint density at radius 1 is 1.39 bits per heavy atom. The summed E-state index contributed by atoms with van der Waals surface area (Å²) >= 11 is 0. The second-order valence-electron chi connectivity index (χ2n) is 5.84. The zero-order valence-corrected chi connectivity index (χ0v) is 13.3. The first-order valence-electron chi connectivity index (χ1n) is 7.36. The Morgan fingerprint density at radius 2 is 1.94 bits per heavy atom. The van der Waals surface area contributed by atoms with Gasteiger partial charge < -0.3 is 4.90 Å². The van der Waals surface area contributed by atoms with E-state index in [1.54, 1.807) is 0 Å². The van der Waals surface area contributed by atoms with E-state index in [0.29, 0.717) is 18.1 Å². The van der Waals surface area contributed by atoms with Crippen molar-refractivity contribution in [2.24, 2.45) is 11.3 Å². The van der Waals surface area contributed by atoms with Crippen LogP contribution < -0.4 is 0 Å². The van der Waals surface area contributed by atoms with E-state index in [0.717, 1.165) is 25.1 Å². The summed E-state index contributed by atoms with van der Waals surface area (Å²) in [5, 5.41) is 0. The summed E-state index contributed by atoms with van der Waals surface area (Å²) < 4.78 is 0. The fourth-order valence-electron chi connectivity index (χ4n) is 2.23. The first kappa shape index (κ1) is 17.2. The maximum Gasteiger partial charge on any atom is 0.160 e. The van der Waals surface area contributed by atoms with Gasteiger partial charge in [0.15, 0.2) is 5.78 Å². The Hall–Kier alpha value is -0.790. The van der Waals surface area contributed by atoms with Crippen molar-refractivity contribution < 1.29 is 4.79 Å². The van der Waals surface area contributed by atoms with Crippen LogP contribution in [0.1, 0.15) is 61.3 Å². The monoisotopic (exact) mass is 253 g/mol. The van der Waals surface area contributed by atoms with Gasteiger partial charge in [0, 0.05) is 31.3 Å². The van der Waals surface area contributed by atoms with Crippen molar-refractivity contribution in [1.82, 2.24) is 4.90 Å². The van der Waals surface area contributed by atoms with Crippen LogP contribution in [0.2, 0.25) is 0 Å². The lowest BCUT2D eigenvalue weighted by Gasteiger charge is -2.37. The molecule has 0 aromatic rings. The minimum atomic E-state index is 0.0561. The molecule has 0 bridgehead atoms. The number of carbonyl (C=O) groups excluding carboxylic acids is 1. The van der Waals surface area contributed by atoms with Crippen LogP contribution in [0.5, 0.6) is 0 Å². The summed E-state index contributed by atoms with van der Waals surface area (Å²) in [6.45, 7) is 16.9. The van der Waals surface area contributed by atoms with Crippen molar-refractivity contribution in [3.05, 3.63) is 11.8 Å². The molecule has 0 radical (unpaired) electrons. The van der Waals surface area contributed by atoms with Crippen LogP contribution in [0.15, 0.2) is 11.8 Å². The van der Waals surface area contributed by atoms with Gasteiger partial charge in [0.25, 0.3) is 0 Å². The van der Waals surface area contributed by atoms with Gasteiger partial charge in [-0.05, 0) is 17.8 Å². The van der Waals surface area contributed by atoms with Crippen LogP contribution in [-0.2, 0) is 4.79 Å². The van der Waals surface area contributed by atoms with Crippen molar-refractivity contribution in [2.75, 3.05) is 13.1 Å². The summed E-state index contributed by atoms with van der Waals surface area (Å²) in [5.74, 6) is 0.953. The lowest BCUT2D eigenvalue weighted by molar-refractivity contribution is -0.116. The Labute approximate surface area is 113 Å². The van der Waals surface area contributed by atoms with Gasteiger partial charge in [-0.1, -0.05) is 48.5 Å². The summed E-state index contributed by atoms with van der Waals surface area (Å²) in [4.78, 5) is 14.2. The number of Topliss-reactive ketones (excluding diaryl/α,β-unsaturated/α-hetero) is 1. The zero-order chi connectivity index (χ0) is 14.3. The van der Waals surface area contributed by atoms with Gasteiger partial charge >= 0.3 is 0 Å². The topological polar surface area (TPSA) is 20.3 Å². The third-order valence-corrected chi connectivity index (χ3v) is 3.29. The van der Waals surface area contributed by atoms with E-state index in [1.807, 2.05) is 20.8 Å². The smallest absolute Gasteiger partial charge is 0.160 e. The highest BCUT2D eigenvalue weighted by molar-refractivity contribution is 5.96. The molecule has 0 atom stereocenters. The second kappa shape index (κ2) is 7.60. The quantitative estimate of drug-likeness (QED) is 0.746. The largest absolute Gasteiger partial charge is 0.377 e. The molecule has 0 unspecified atom stereocenters. The number of rotatable bonds is 4. The highest BCUT2D eigenvalue weighted by Gasteiger charge is 2.31. The predicted molar refractivity (Wildman–Crippen MR) is 79.5 cm³/mol. The number of hydrogen-bond donors (Lipinski definition) is 0. The van der Waals surface area contributed by atoms with Gasteiger partial charge in [0.1, 0.15) is 0 Å². The fraction of sp³-hybridized carbons (Fsp3) is 0.812. The van der Waals surface area contributed by atoms with Gasteiger partial charge in [-0.3, -0.25) is 4.79 Å². The van der Waals surface area contributed by atoms with Gasteiger partial charge in [0.2, 0.25) is 0 Å². The molecular weight excluding hydrogens is 222 g/mol. The minimum Gasteiger partial charge on any atom is -0.377 e. The molecule has 0 aromatic heterocycles. The average Bonchev–Trinajstić information content (AvgIpc) is 2.32. The van der Waals surface area contributed by atoms with E-state index in [1.165, 1.54) is 0 Å². The van der Waals surface area contributed by atoms with E-state index in [2.05, 4.69) is 38.8 Å². The number of hydrogen-bond acceptors (Lipinski definition) is 2. The van der Waals surface area contributed by atoms with E-state index < -0.39 is 0 Å². The molecule has 18 heavy (non-hydrogen) atoms. The molecule has 0 aliphatic carbocycles. The standard InChI is InChI=1S/C14H25NO.C2H6/c1-6-13(16)12-10-15(9-11(2)3)8-7-14(12,4)5;1-2/h10-11H,6-9H2,1-5H3;1-2H3. The first-order valence-corrected chi connectivity index (χ1v) is 7.36. The van der Waals surface area contributed by atoms with Gasteiger partial charge in [-0.25, -0.2) is 0 Å². The SMILES string of the molecule is CC.CCC(=O)C1=CN(CC(C)C)CCC1(C)C. The van der Waals surface area contributed by atoms with Crippen molar-refractivity contribution in [3.63, 3.8) is 0 Å². The number of allylic oxidation sites excluding steroid dienone is 1. The normalized spacial score (nSPS) is 18.0. The molecule has 106 valence electrons. The van der Waals surface area contributed by atoms with Crippen LogP contribution >= 0.6 is 0 Å². The summed E-state index contributed by atoms with van der Waals surface area (Å²) in [6.07, 6.45) is 3.80. The van der Waals surface area contributed by atoms with Crippen molar-refractivity contribution >= 4 is 5.78 Å².